The van der Waals surface area contributed by atoms with Gasteiger partial charge in [0.05, 0.1) is 6.42 Å². The number of nitrogens with zero attached hydrogens (tertiary/aromatic N) is 1. The largest absolute Gasteiger partial charge is 0.477 e. The second-order valence-corrected chi connectivity index (χ2v) is 9.72. The van der Waals surface area contributed by atoms with Gasteiger partial charge in [-0.05, 0) is 28.5 Å². The molecule has 4 heterocycles. The smallest absolute Gasteiger partial charge is 0.352 e. The highest BCUT2D eigenvalue weighted by molar-refractivity contribution is 8.00. The summed E-state index contributed by atoms with van der Waals surface area (Å²) in [5, 5.41) is 15.6. The molecule has 0 bridgehead atoms. The Morgan fingerprint density at radius 2 is 2.07 bits per heavy atom. The first kappa shape index (κ1) is 20.9. The Bertz CT molecular complexity index is 1040. The molecule has 2 aromatic rings. The van der Waals surface area contributed by atoms with E-state index in [0.29, 0.717) is 16.9 Å². The number of thioether (sulfide) groups is 1. The predicted octanol–water partition coefficient (Wildman–Crippen LogP) is 2.78. The summed E-state index contributed by atoms with van der Waals surface area (Å²) in [6, 6.07) is 7.40. The molecular weight excluding hydrogens is 444 g/mol. The molecule has 2 aliphatic rings. The van der Waals surface area contributed by atoms with Gasteiger partial charge in [0.1, 0.15) is 11.1 Å². The number of hydrogen-bond acceptors (Lipinski definition) is 7. The third-order valence-electron chi connectivity index (χ3n) is 4.98. The van der Waals surface area contributed by atoms with Gasteiger partial charge in [-0.2, -0.15) is 0 Å². The second kappa shape index (κ2) is 8.03. The van der Waals surface area contributed by atoms with Crippen LogP contribution < -0.4 is 5.32 Å². The lowest BCUT2D eigenvalue weighted by molar-refractivity contribution is -0.192. The van der Waals surface area contributed by atoms with E-state index in [-0.39, 0.29) is 18.0 Å². The number of hydrogen-bond donors (Lipinski definition) is 2. The van der Waals surface area contributed by atoms with Crippen molar-refractivity contribution in [1.29, 1.82) is 0 Å². The van der Waals surface area contributed by atoms with Crippen molar-refractivity contribution in [2.75, 3.05) is 12.9 Å². The number of carbonyl (C=O) groups excluding carboxylic acids is 2. The first-order chi connectivity index (χ1) is 14.4. The van der Waals surface area contributed by atoms with Crippen LogP contribution in [0.5, 0.6) is 0 Å². The number of carbonyl (C=O) groups is 3. The lowest BCUT2D eigenvalue weighted by atomic mass is 9.95. The van der Waals surface area contributed by atoms with Gasteiger partial charge in [-0.15, -0.1) is 34.4 Å². The molecule has 2 amide bonds. The number of rotatable bonds is 7. The van der Waals surface area contributed by atoms with Gasteiger partial charge in [0, 0.05) is 28.2 Å². The summed E-state index contributed by atoms with van der Waals surface area (Å²) in [6.07, 6.45) is 0.121. The molecule has 30 heavy (non-hydrogen) atoms. The molecule has 0 unspecified atom stereocenters. The fourth-order valence-corrected chi connectivity index (χ4v) is 6.44. The van der Waals surface area contributed by atoms with Crippen LogP contribution in [0.15, 0.2) is 52.9 Å². The van der Waals surface area contributed by atoms with E-state index in [4.69, 9.17) is 4.74 Å². The van der Waals surface area contributed by atoms with Crippen molar-refractivity contribution in [3.05, 3.63) is 62.6 Å². The third-order valence-corrected chi connectivity index (χ3v) is 8.10. The highest BCUT2D eigenvalue weighted by Gasteiger charge is 2.66. The van der Waals surface area contributed by atoms with E-state index in [1.54, 1.807) is 0 Å². The molecule has 1 fully saturated rings. The Labute approximate surface area is 185 Å². The van der Waals surface area contributed by atoms with Crippen molar-refractivity contribution >= 4 is 57.8 Å². The molecule has 2 N–H and O–H groups in total. The molecule has 0 radical (unpaired) electrons. The van der Waals surface area contributed by atoms with E-state index in [1.807, 2.05) is 35.0 Å². The number of carboxylic acid groups (broad SMARTS) is 1. The molecule has 7 nitrogen and oxygen atoms in total. The summed E-state index contributed by atoms with van der Waals surface area (Å²) in [6.45, 7) is 4.05. The van der Waals surface area contributed by atoms with Crippen LogP contribution in [0.1, 0.15) is 9.75 Å². The van der Waals surface area contributed by atoms with Crippen molar-refractivity contribution in [3.8, 4) is 0 Å². The first-order valence-corrected chi connectivity index (χ1v) is 11.7. The van der Waals surface area contributed by atoms with E-state index in [0.717, 1.165) is 9.75 Å². The van der Waals surface area contributed by atoms with E-state index < -0.39 is 23.0 Å². The molecule has 0 aliphatic carbocycles. The minimum Gasteiger partial charge on any atom is -0.477 e. The number of amides is 2. The van der Waals surface area contributed by atoms with Gasteiger partial charge in [0.2, 0.25) is 5.91 Å². The molecule has 4 rings (SSSR count). The van der Waals surface area contributed by atoms with Gasteiger partial charge in [-0.25, -0.2) is 4.79 Å². The third kappa shape index (κ3) is 3.29. The van der Waals surface area contributed by atoms with Crippen LogP contribution in [-0.4, -0.2) is 51.8 Å². The summed E-state index contributed by atoms with van der Waals surface area (Å²) in [5.74, 6) is -1.84. The molecule has 2 aromatic heterocycles. The van der Waals surface area contributed by atoms with Gasteiger partial charge in [0.15, 0.2) is 0 Å². The zero-order valence-electron chi connectivity index (χ0n) is 15.9. The maximum atomic E-state index is 13.1. The molecule has 0 aromatic carbocycles. The van der Waals surface area contributed by atoms with Crippen LogP contribution in [-0.2, 0) is 25.5 Å². The maximum Gasteiger partial charge on any atom is 0.352 e. The van der Waals surface area contributed by atoms with Gasteiger partial charge in [-0.3, -0.25) is 14.5 Å². The Balaban J connectivity index is 1.62. The van der Waals surface area contributed by atoms with Gasteiger partial charge < -0.3 is 15.2 Å². The predicted molar refractivity (Wildman–Crippen MR) is 117 cm³/mol. The standard InChI is InChI=1S/C20H18N2O5S3/c1-11(14-6-4-8-29-14)13-10-30-19-20(27-2,18(26)22(19)16(13)17(24)25)21-15(23)9-12-5-3-7-28-12/h3-8,19H,1,9-10H2,2H3,(H,21,23)(H,24,25)/t19-,20-/m0/s1. The van der Waals surface area contributed by atoms with Crippen molar-refractivity contribution in [3.63, 3.8) is 0 Å². The van der Waals surface area contributed by atoms with Crippen LogP contribution in [0.2, 0.25) is 0 Å². The molecule has 2 atom stereocenters. The second-order valence-electron chi connectivity index (χ2n) is 6.67. The van der Waals surface area contributed by atoms with Crippen molar-refractivity contribution < 1.29 is 24.2 Å². The van der Waals surface area contributed by atoms with Crippen LogP contribution in [0.25, 0.3) is 5.57 Å². The van der Waals surface area contributed by atoms with Crippen molar-refractivity contribution in [2.45, 2.75) is 17.5 Å². The molecule has 1 saturated heterocycles. The topological polar surface area (TPSA) is 95.9 Å². The Morgan fingerprint density at radius 3 is 2.67 bits per heavy atom. The number of thiophene rings is 2. The zero-order chi connectivity index (χ0) is 21.5. The fourth-order valence-electron chi connectivity index (χ4n) is 3.53. The fraction of sp³-hybridized carbons (Fsp3) is 0.250. The lowest BCUT2D eigenvalue weighted by Gasteiger charge is -2.55. The first-order valence-electron chi connectivity index (χ1n) is 8.92. The number of β-lactam (4-membered cyclic amide) rings is 1. The summed E-state index contributed by atoms with van der Waals surface area (Å²) in [7, 11) is 1.34. The quantitative estimate of drug-likeness (QED) is 0.485. The van der Waals surface area contributed by atoms with Gasteiger partial charge in [0.25, 0.3) is 11.6 Å². The van der Waals surface area contributed by atoms with Crippen LogP contribution in [0.3, 0.4) is 0 Å². The van der Waals surface area contributed by atoms with E-state index in [9.17, 15) is 19.5 Å². The lowest BCUT2D eigenvalue weighted by Crippen LogP contribution is -2.80. The highest BCUT2D eigenvalue weighted by Crippen LogP contribution is 2.48. The summed E-state index contributed by atoms with van der Waals surface area (Å²) >= 11 is 4.24. The number of fused-ring (bicyclic) bond motifs is 1. The van der Waals surface area contributed by atoms with E-state index in [2.05, 4.69) is 11.9 Å². The van der Waals surface area contributed by atoms with Crippen molar-refractivity contribution in [1.82, 2.24) is 10.2 Å². The highest BCUT2D eigenvalue weighted by atomic mass is 32.2. The number of carboxylic acids is 1. The Kier molecular flexibility index (Phi) is 5.58. The minimum absolute atomic E-state index is 0.109. The Hall–Kier alpha value is -2.40. The van der Waals surface area contributed by atoms with Crippen LogP contribution in [0, 0.1) is 0 Å². The van der Waals surface area contributed by atoms with Gasteiger partial charge in [-0.1, -0.05) is 18.7 Å². The summed E-state index contributed by atoms with van der Waals surface area (Å²) in [4.78, 5) is 40.6. The van der Waals surface area contributed by atoms with Gasteiger partial charge >= 0.3 is 5.97 Å². The van der Waals surface area contributed by atoms with E-state index >= 15 is 0 Å². The molecule has 0 saturated carbocycles. The summed E-state index contributed by atoms with van der Waals surface area (Å²) in [5.41, 5.74) is -0.621. The minimum atomic E-state index is -1.59. The molecule has 0 spiro atoms. The van der Waals surface area contributed by atoms with Crippen molar-refractivity contribution in [2.24, 2.45) is 0 Å². The maximum absolute atomic E-state index is 13.1. The number of ether oxygens (including phenoxy) is 1. The van der Waals surface area contributed by atoms with E-state index in [1.165, 1.54) is 46.4 Å². The zero-order valence-corrected chi connectivity index (χ0v) is 18.4. The van der Waals surface area contributed by atoms with Crippen LogP contribution >= 0.6 is 34.4 Å². The number of nitrogens with one attached hydrogen (secondary N) is 1. The average Bonchev–Trinajstić information content (AvgIpc) is 3.44. The molecule has 10 heteroatoms. The number of methoxy groups -OCH3 is 1. The SMILES string of the molecule is C=C(C1=C(C(=O)O)N2C(=O)[C@](NC(=O)Cc3cccs3)(OC)[C@@H]2SC1)c1cccs1. The normalized spacial score (nSPS) is 23.0. The Morgan fingerprint density at radius 1 is 1.33 bits per heavy atom. The average molecular weight is 463 g/mol. The molecule has 156 valence electrons. The molecular formula is C20H18N2O5S3. The van der Waals surface area contributed by atoms with Crippen LogP contribution in [0.4, 0.5) is 0 Å². The molecule has 2 aliphatic heterocycles. The monoisotopic (exact) mass is 462 g/mol. The number of allylic oxidation sites excluding steroid dienone is 1. The summed E-state index contributed by atoms with van der Waals surface area (Å²) < 4.78 is 5.46. The number of aliphatic carboxylic acids is 1.